The van der Waals surface area contributed by atoms with Gasteiger partial charge in [0.1, 0.15) is 11.6 Å². The predicted molar refractivity (Wildman–Crippen MR) is 74.2 cm³/mol. The first kappa shape index (κ1) is 13.6. The average molecular weight is 260 g/mol. The SMILES string of the molecule is Cc1cc(CO)cc(C)c1OCCc1nccn1C. The normalized spacial score (nSPS) is 10.7. The third-order valence-electron chi connectivity index (χ3n) is 3.20. The van der Waals surface area contributed by atoms with Gasteiger partial charge in [-0.25, -0.2) is 4.98 Å². The Kier molecular flexibility index (Phi) is 4.22. The summed E-state index contributed by atoms with van der Waals surface area (Å²) in [5, 5.41) is 9.16. The van der Waals surface area contributed by atoms with Gasteiger partial charge in [0.2, 0.25) is 0 Å². The summed E-state index contributed by atoms with van der Waals surface area (Å²) in [7, 11) is 1.98. The van der Waals surface area contributed by atoms with Crippen LogP contribution in [0.2, 0.25) is 0 Å². The Morgan fingerprint density at radius 1 is 1.26 bits per heavy atom. The highest BCUT2D eigenvalue weighted by molar-refractivity contribution is 5.43. The van der Waals surface area contributed by atoms with Crippen LogP contribution in [0.5, 0.6) is 5.75 Å². The molecule has 0 aliphatic rings. The van der Waals surface area contributed by atoms with Crippen molar-refractivity contribution in [3.8, 4) is 5.75 Å². The molecular formula is C15H20N2O2. The molecule has 1 heterocycles. The van der Waals surface area contributed by atoms with Crippen molar-refractivity contribution in [2.75, 3.05) is 6.61 Å². The zero-order valence-corrected chi connectivity index (χ0v) is 11.7. The molecular weight excluding hydrogens is 240 g/mol. The van der Waals surface area contributed by atoms with Crippen LogP contribution < -0.4 is 4.74 Å². The summed E-state index contributed by atoms with van der Waals surface area (Å²) in [5.74, 6) is 1.92. The van der Waals surface area contributed by atoms with E-state index in [0.29, 0.717) is 6.61 Å². The smallest absolute Gasteiger partial charge is 0.125 e. The Morgan fingerprint density at radius 2 is 1.95 bits per heavy atom. The van der Waals surface area contributed by atoms with Crippen molar-refractivity contribution < 1.29 is 9.84 Å². The Morgan fingerprint density at radius 3 is 2.47 bits per heavy atom. The largest absolute Gasteiger partial charge is 0.493 e. The quantitative estimate of drug-likeness (QED) is 0.896. The lowest BCUT2D eigenvalue weighted by Gasteiger charge is -2.13. The first-order valence-electron chi connectivity index (χ1n) is 6.41. The summed E-state index contributed by atoms with van der Waals surface area (Å²) in [4.78, 5) is 4.27. The molecule has 0 aliphatic heterocycles. The van der Waals surface area contributed by atoms with Gasteiger partial charge in [-0.05, 0) is 30.5 Å². The zero-order chi connectivity index (χ0) is 13.8. The summed E-state index contributed by atoms with van der Waals surface area (Å²) >= 11 is 0. The lowest BCUT2D eigenvalue weighted by Crippen LogP contribution is -2.08. The van der Waals surface area contributed by atoms with E-state index >= 15 is 0 Å². The maximum Gasteiger partial charge on any atom is 0.125 e. The van der Waals surface area contributed by atoms with Crippen molar-refractivity contribution in [2.24, 2.45) is 7.05 Å². The molecule has 19 heavy (non-hydrogen) atoms. The summed E-state index contributed by atoms with van der Waals surface area (Å²) in [6.45, 7) is 4.67. The van der Waals surface area contributed by atoms with E-state index in [1.54, 1.807) is 6.20 Å². The molecule has 2 aromatic rings. The van der Waals surface area contributed by atoms with E-state index in [0.717, 1.165) is 34.7 Å². The van der Waals surface area contributed by atoms with Crippen molar-refractivity contribution in [1.82, 2.24) is 9.55 Å². The highest BCUT2D eigenvalue weighted by atomic mass is 16.5. The van der Waals surface area contributed by atoms with E-state index < -0.39 is 0 Å². The maximum atomic E-state index is 9.16. The molecule has 0 spiro atoms. The number of imidazole rings is 1. The topological polar surface area (TPSA) is 47.3 Å². The number of hydrogen-bond acceptors (Lipinski definition) is 3. The van der Waals surface area contributed by atoms with Gasteiger partial charge in [0.15, 0.2) is 0 Å². The lowest BCUT2D eigenvalue weighted by molar-refractivity contribution is 0.280. The Labute approximate surface area is 113 Å². The van der Waals surface area contributed by atoms with Crippen LogP contribution in [-0.4, -0.2) is 21.3 Å². The fourth-order valence-corrected chi connectivity index (χ4v) is 2.24. The zero-order valence-electron chi connectivity index (χ0n) is 11.7. The van der Waals surface area contributed by atoms with Crippen molar-refractivity contribution in [2.45, 2.75) is 26.9 Å². The number of rotatable bonds is 5. The van der Waals surface area contributed by atoms with Gasteiger partial charge in [0, 0.05) is 25.9 Å². The van der Waals surface area contributed by atoms with Gasteiger partial charge in [-0.2, -0.15) is 0 Å². The van der Waals surface area contributed by atoms with Gasteiger partial charge < -0.3 is 14.4 Å². The minimum Gasteiger partial charge on any atom is -0.493 e. The summed E-state index contributed by atoms with van der Waals surface area (Å²) in [6.07, 6.45) is 4.51. The van der Waals surface area contributed by atoms with E-state index in [-0.39, 0.29) is 6.61 Å². The molecule has 1 aromatic carbocycles. The third kappa shape index (κ3) is 3.15. The van der Waals surface area contributed by atoms with Crippen molar-refractivity contribution in [3.05, 3.63) is 47.0 Å². The second-order valence-electron chi connectivity index (χ2n) is 4.77. The molecule has 4 nitrogen and oxygen atoms in total. The predicted octanol–water partition coefficient (Wildman–Crippen LogP) is 2.15. The van der Waals surface area contributed by atoms with Crippen LogP contribution in [0.1, 0.15) is 22.5 Å². The minimum absolute atomic E-state index is 0.0647. The molecule has 102 valence electrons. The standard InChI is InChI=1S/C15H20N2O2/c1-11-8-13(10-18)9-12(2)15(11)19-7-4-14-16-5-6-17(14)3/h5-6,8-9,18H,4,7,10H2,1-3H3. The number of nitrogens with zero attached hydrogens (tertiary/aromatic N) is 2. The number of ether oxygens (including phenoxy) is 1. The number of benzene rings is 1. The second-order valence-corrected chi connectivity index (χ2v) is 4.77. The summed E-state index contributed by atoms with van der Waals surface area (Å²) in [6, 6.07) is 3.92. The highest BCUT2D eigenvalue weighted by Gasteiger charge is 2.07. The van der Waals surface area contributed by atoms with Crippen LogP contribution in [-0.2, 0) is 20.1 Å². The molecule has 0 saturated carbocycles. The van der Waals surface area contributed by atoms with Crippen LogP contribution in [0.25, 0.3) is 0 Å². The van der Waals surface area contributed by atoms with Gasteiger partial charge in [0.25, 0.3) is 0 Å². The van der Waals surface area contributed by atoms with Gasteiger partial charge >= 0.3 is 0 Å². The maximum absolute atomic E-state index is 9.16. The molecule has 0 fully saturated rings. The van der Waals surface area contributed by atoms with Gasteiger partial charge in [-0.3, -0.25) is 0 Å². The van der Waals surface area contributed by atoms with Gasteiger partial charge in [0.05, 0.1) is 13.2 Å². The van der Waals surface area contributed by atoms with Gasteiger partial charge in [-0.15, -0.1) is 0 Å². The molecule has 0 atom stereocenters. The minimum atomic E-state index is 0.0647. The monoisotopic (exact) mass is 260 g/mol. The van der Waals surface area contributed by atoms with E-state index in [9.17, 15) is 0 Å². The number of aryl methyl sites for hydroxylation is 3. The second kappa shape index (κ2) is 5.89. The molecule has 2 rings (SSSR count). The highest BCUT2D eigenvalue weighted by Crippen LogP contribution is 2.25. The Bertz CT molecular complexity index is 538. The molecule has 0 saturated heterocycles. The number of hydrogen-bond donors (Lipinski definition) is 1. The van der Waals surface area contributed by atoms with E-state index in [1.807, 2.05) is 43.8 Å². The van der Waals surface area contributed by atoms with E-state index in [1.165, 1.54) is 0 Å². The van der Waals surface area contributed by atoms with Crippen LogP contribution in [0.15, 0.2) is 24.5 Å². The molecule has 1 N–H and O–H groups in total. The molecule has 0 radical (unpaired) electrons. The van der Waals surface area contributed by atoms with Crippen molar-refractivity contribution in [1.29, 1.82) is 0 Å². The molecule has 1 aromatic heterocycles. The average Bonchev–Trinajstić information content (AvgIpc) is 2.78. The number of aliphatic hydroxyl groups is 1. The molecule has 4 heteroatoms. The summed E-state index contributed by atoms with van der Waals surface area (Å²) < 4.78 is 7.86. The fourth-order valence-electron chi connectivity index (χ4n) is 2.24. The van der Waals surface area contributed by atoms with Crippen LogP contribution in [0, 0.1) is 13.8 Å². The molecule has 0 amide bonds. The Balaban J connectivity index is 2.02. The van der Waals surface area contributed by atoms with Gasteiger partial charge in [-0.1, -0.05) is 12.1 Å². The Hall–Kier alpha value is -1.81. The van der Waals surface area contributed by atoms with E-state index in [4.69, 9.17) is 9.84 Å². The third-order valence-corrected chi connectivity index (χ3v) is 3.20. The first-order valence-corrected chi connectivity index (χ1v) is 6.41. The molecule has 0 bridgehead atoms. The molecule has 0 unspecified atom stereocenters. The first-order chi connectivity index (χ1) is 9.11. The van der Waals surface area contributed by atoms with E-state index in [2.05, 4.69) is 4.98 Å². The fraction of sp³-hybridized carbons (Fsp3) is 0.400. The molecule has 0 aliphatic carbocycles. The number of aliphatic hydroxyl groups excluding tert-OH is 1. The van der Waals surface area contributed by atoms with Crippen LogP contribution >= 0.6 is 0 Å². The summed E-state index contributed by atoms with van der Waals surface area (Å²) in [5.41, 5.74) is 3.04. The van der Waals surface area contributed by atoms with Crippen molar-refractivity contribution in [3.63, 3.8) is 0 Å². The van der Waals surface area contributed by atoms with Crippen molar-refractivity contribution >= 4 is 0 Å². The van der Waals surface area contributed by atoms with Crippen LogP contribution in [0.4, 0.5) is 0 Å². The number of aromatic nitrogens is 2. The van der Waals surface area contributed by atoms with Crippen LogP contribution in [0.3, 0.4) is 0 Å². The lowest BCUT2D eigenvalue weighted by atomic mass is 10.1.